The van der Waals surface area contributed by atoms with E-state index in [0.717, 1.165) is 16.1 Å². The van der Waals surface area contributed by atoms with Crippen LogP contribution in [0, 0.1) is 5.92 Å². The summed E-state index contributed by atoms with van der Waals surface area (Å²) in [6, 6.07) is 13.2. The second kappa shape index (κ2) is 10.8. The lowest BCUT2D eigenvalue weighted by molar-refractivity contribution is -0.137. The molecular weight excluding hydrogens is 454 g/mol. The van der Waals surface area contributed by atoms with Crippen molar-refractivity contribution in [1.82, 2.24) is 10.2 Å². The largest absolute Gasteiger partial charge is 0.493 e. The van der Waals surface area contributed by atoms with Crippen molar-refractivity contribution in [2.45, 2.75) is 29.4 Å². The Morgan fingerprint density at radius 2 is 1.82 bits per heavy atom. The molecule has 0 aromatic heterocycles. The number of ether oxygens (including phenoxy) is 2. The Bertz CT molecular complexity index is 1070. The molecule has 3 amide bonds. The predicted octanol–water partition coefficient (Wildman–Crippen LogP) is 2.71. The first-order valence-electron chi connectivity index (χ1n) is 11.3. The Balaban J connectivity index is 1.24. The number of thioether (sulfide) groups is 1. The van der Waals surface area contributed by atoms with Crippen LogP contribution in [0.4, 0.5) is 5.69 Å². The molecule has 0 spiro atoms. The average Bonchev–Trinajstić information content (AvgIpc) is 2.87. The molecule has 2 aliphatic rings. The molecule has 34 heavy (non-hydrogen) atoms. The number of carbonyl (C=O) groups is 3. The third-order valence-electron chi connectivity index (χ3n) is 6.19. The zero-order chi connectivity index (χ0) is 24.1. The van der Waals surface area contributed by atoms with E-state index >= 15 is 0 Å². The fourth-order valence-electron chi connectivity index (χ4n) is 4.25. The van der Waals surface area contributed by atoms with Crippen LogP contribution in [0.5, 0.6) is 11.5 Å². The van der Waals surface area contributed by atoms with Gasteiger partial charge in [-0.3, -0.25) is 14.4 Å². The highest BCUT2D eigenvalue weighted by Gasteiger charge is 2.37. The molecule has 4 rings (SSSR count). The highest BCUT2D eigenvalue weighted by molar-refractivity contribution is 8.01. The summed E-state index contributed by atoms with van der Waals surface area (Å²) in [6.07, 6.45) is 1.85. The van der Waals surface area contributed by atoms with Crippen LogP contribution in [0.1, 0.15) is 18.4 Å². The monoisotopic (exact) mass is 483 g/mol. The summed E-state index contributed by atoms with van der Waals surface area (Å²) in [7, 11) is 3.19. The summed E-state index contributed by atoms with van der Waals surface area (Å²) in [5.74, 6) is 0.726. The normalized spacial score (nSPS) is 18.0. The van der Waals surface area contributed by atoms with Gasteiger partial charge in [0.25, 0.3) is 0 Å². The highest BCUT2D eigenvalue weighted by Crippen LogP contribution is 2.36. The van der Waals surface area contributed by atoms with Gasteiger partial charge in [0.2, 0.25) is 17.7 Å². The number of likely N-dealkylation sites (tertiary alicyclic amines) is 1. The number of methoxy groups -OCH3 is 2. The van der Waals surface area contributed by atoms with E-state index in [0.29, 0.717) is 50.4 Å². The second-order valence-corrected chi connectivity index (χ2v) is 9.46. The number of nitrogens with zero attached hydrogens (tertiary/aromatic N) is 1. The van der Waals surface area contributed by atoms with Crippen molar-refractivity contribution >= 4 is 35.2 Å². The van der Waals surface area contributed by atoms with Gasteiger partial charge in [-0.1, -0.05) is 18.2 Å². The fourth-order valence-corrected chi connectivity index (χ4v) is 5.33. The van der Waals surface area contributed by atoms with Gasteiger partial charge in [-0.15, -0.1) is 11.8 Å². The minimum Gasteiger partial charge on any atom is -0.493 e. The predicted molar refractivity (Wildman–Crippen MR) is 130 cm³/mol. The van der Waals surface area contributed by atoms with Crippen LogP contribution < -0.4 is 20.1 Å². The number of hydrogen-bond donors (Lipinski definition) is 2. The average molecular weight is 484 g/mol. The minimum absolute atomic E-state index is 0.00582. The first kappa shape index (κ1) is 23.9. The number of carbonyl (C=O) groups excluding carboxylic acids is 3. The van der Waals surface area contributed by atoms with Crippen molar-refractivity contribution in [3.8, 4) is 11.5 Å². The van der Waals surface area contributed by atoms with Crippen molar-refractivity contribution in [3.05, 3.63) is 48.0 Å². The number of anilines is 1. The lowest BCUT2D eigenvalue weighted by atomic mass is 9.95. The highest BCUT2D eigenvalue weighted by atomic mass is 32.2. The van der Waals surface area contributed by atoms with Crippen LogP contribution in [0.25, 0.3) is 0 Å². The third-order valence-corrected chi connectivity index (χ3v) is 7.45. The maximum absolute atomic E-state index is 13.0. The van der Waals surface area contributed by atoms with Gasteiger partial charge in [-0.2, -0.15) is 0 Å². The molecule has 0 saturated carbocycles. The molecule has 180 valence electrons. The number of para-hydroxylation sites is 1. The molecule has 0 bridgehead atoms. The van der Waals surface area contributed by atoms with E-state index < -0.39 is 5.25 Å². The van der Waals surface area contributed by atoms with E-state index in [1.165, 1.54) is 11.8 Å². The Kier molecular flexibility index (Phi) is 7.62. The summed E-state index contributed by atoms with van der Waals surface area (Å²) in [6.45, 7) is 1.46. The second-order valence-electron chi connectivity index (χ2n) is 8.31. The van der Waals surface area contributed by atoms with E-state index in [1.807, 2.05) is 42.5 Å². The van der Waals surface area contributed by atoms with Crippen molar-refractivity contribution in [2.24, 2.45) is 5.92 Å². The third kappa shape index (κ3) is 5.30. The smallest absolute Gasteiger partial charge is 0.247 e. The van der Waals surface area contributed by atoms with Crippen LogP contribution in [-0.4, -0.2) is 61.7 Å². The molecule has 0 aliphatic carbocycles. The Morgan fingerprint density at radius 3 is 2.56 bits per heavy atom. The summed E-state index contributed by atoms with van der Waals surface area (Å²) in [4.78, 5) is 40.7. The number of fused-ring (bicyclic) bond motifs is 1. The molecule has 2 heterocycles. The maximum Gasteiger partial charge on any atom is 0.247 e. The first-order chi connectivity index (χ1) is 16.5. The van der Waals surface area contributed by atoms with Gasteiger partial charge in [-0.05, 0) is 49.1 Å². The SMILES string of the molecule is COc1ccc(CCNC(=O)C2CCN(C(=O)C3Sc4ccccc4NC3=O)CC2)cc1OC. The van der Waals surface area contributed by atoms with Crippen molar-refractivity contribution in [3.63, 3.8) is 0 Å². The summed E-state index contributed by atoms with van der Waals surface area (Å²) < 4.78 is 10.6. The van der Waals surface area contributed by atoms with Crippen LogP contribution >= 0.6 is 11.8 Å². The summed E-state index contributed by atoms with van der Waals surface area (Å²) in [5, 5.41) is 5.04. The van der Waals surface area contributed by atoms with Crippen LogP contribution in [0.2, 0.25) is 0 Å². The zero-order valence-corrected chi connectivity index (χ0v) is 20.2. The molecule has 2 aromatic rings. The van der Waals surface area contributed by atoms with E-state index in [9.17, 15) is 14.4 Å². The maximum atomic E-state index is 13.0. The summed E-state index contributed by atoms with van der Waals surface area (Å²) in [5.41, 5.74) is 1.79. The van der Waals surface area contributed by atoms with E-state index in [-0.39, 0.29) is 23.6 Å². The molecule has 2 N–H and O–H groups in total. The number of rotatable bonds is 7. The van der Waals surface area contributed by atoms with Crippen LogP contribution in [0.15, 0.2) is 47.4 Å². The van der Waals surface area contributed by atoms with Crippen LogP contribution in [0.3, 0.4) is 0 Å². The Hall–Kier alpha value is -3.20. The van der Waals surface area contributed by atoms with Crippen LogP contribution in [-0.2, 0) is 20.8 Å². The number of nitrogens with one attached hydrogen (secondary N) is 2. The van der Waals surface area contributed by atoms with Gasteiger partial charge in [0.1, 0.15) is 0 Å². The van der Waals surface area contributed by atoms with Crippen molar-refractivity contribution < 1.29 is 23.9 Å². The molecule has 1 unspecified atom stereocenters. The molecule has 2 aromatic carbocycles. The lowest BCUT2D eigenvalue weighted by Gasteiger charge is -2.34. The number of amides is 3. The van der Waals surface area contributed by atoms with Gasteiger partial charge in [-0.25, -0.2) is 0 Å². The zero-order valence-electron chi connectivity index (χ0n) is 19.3. The van der Waals surface area contributed by atoms with E-state index in [2.05, 4.69) is 10.6 Å². The Labute approximate surface area is 203 Å². The standard InChI is InChI=1S/C25H29N3O5S/c1-32-19-8-7-16(15-20(19)33-2)9-12-26-23(29)17-10-13-28(14-11-17)25(31)22-24(30)27-18-5-3-4-6-21(18)34-22/h3-8,15,17,22H,9-14H2,1-2H3,(H,26,29)(H,27,30). The topological polar surface area (TPSA) is 97.0 Å². The first-order valence-corrected chi connectivity index (χ1v) is 12.2. The fraction of sp³-hybridized carbons (Fsp3) is 0.400. The molecule has 9 heteroatoms. The van der Waals surface area contributed by atoms with Gasteiger partial charge < -0.3 is 25.0 Å². The molecule has 1 fully saturated rings. The van der Waals surface area contributed by atoms with Gasteiger partial charge in [0.05, 0.1) is 19.9 Å². The molecule has 1 saturated heterocycles. The number of hydrogen-bond acceptors (Lipinski definition) is 6. The molecule has 1 atom stereocenters. The van der Waals surface area contributed by atoms with E-state index in [1.54, 1.807) is 19.1 Å². The van der Waals surface area contributed by atoms with Gasteiger partial charge in [0.15, 0.2) is 16.7 Å². The van der Waals surface area contributed by atoms with Gasteiger partial charge >= 0.3 is 0 Å². The van der Waals surface area contributed by atoms with Crippen molar-refractivity contribution in [1.29, 1.82) is 0 Å². The van der Waals surface area contributed by atoms with E-state index in [4.69, 9.17) is 9.47 Å². The van der Waals surface area contributed by atoms with Crippen molar-refractivity contribution in [2.75, 3.05) is 39.2 Å². The minimum atomic E-state index is -0.790. The molecule has 2 aliphatic heterocycles. The molecule has 0 radical (unpaired) electrons. The molecular formula is C25H29N3O5S. The lowest BCUT2D eigenvalue weighted by Crippen LogP contribution is -2.49. The number of piperidine rings is 1. The summed E-state index contributed by atoms with van der Waals surface area (Å²) >= 11 is 1.29. The quantitative estimate of drug-likeness (QED) is 0.588. The number of benzene rings is 2. The Morgan fingerprint density at radius 1 is 1.09 bits per heavy atom. The van der Waals surface area contributed by atoms with Gasteiger partial charge in [0, 0.05) is 30.4 Å². The molecule has 8 nitrogen and oxygen atoms in total.